The summed E-state index contributed by atoms with van der Waals surface area (Å²) < 4.78 is 0. The monoisotopic (exact) mass is 520 g/mol. The van der Waals surface area contributed by atoms with Gasteiger partial charge in [0.25, 0.3) is 5.91 Å². The summed E-state index contributed by atoms with van der Waals surface area (Å²) in [4.78, 5) is 46.5. The molecule has 1 spiro atoms. The Morgan fingerprint density at radius 1 is 0.861 bits per heavy atom. The minimum absolute atomic E-state index is 0.152. The van der Waals surface area contributed by atoms with Crippen LogP contribution in [0, 0.1) is 5.41 Å². The van der Waals surface area contributed by atoms with Crippen molar-refractivity contribution in [3.8, 4) is 0 Å². The van der Waals surface area contributed by atoms with E-state index in [1.807, 2.05) is 54.6 Å². The number of piperazine rings is 1. The van der Waals surface area contributed by atoms with Crippen molar-refractivity contribution in [1.82, 2.24) is 5.32 Å². The van der Waals surface area contributed by atoms with E-state index < -0.39 is 29.3 Å². The number of carbonyl (C=O) groups excluding carboxylic acids is 3. The summed E-state index contributed by atoms with van der Waals surface area (Å²) >= 11 is 12.6. The van der Waals surface area contributed by atoms with Crippen LogP contribution in [0.1, 0.15) is 5.56 Å². The molecule has 36 heavy (non-hydrogen) atoms. The van der Waals surface area contributed by atoms with E-state index in [1.165, 1.54) is 12.1 Å². The number of fused-ring (bicyclic) bond motifs is 4. The Balaban J connectivity index is 1.50. The van der Waals surface area contributed by atoms with Crippen LogP contribution in [-0.2, 0) is 16.0 Å². The number of nitrogens with zero attached hydrogens (tertiary/aromatic N) is 3. The first-order chi connectivity index (χ1) is 17.4. The highest BCUT2D eigenvalue weighted by molar-refractivity contribution is 6.39. The van der Waals surface area contributed by atoms with E-state index in [0.29, 0.717) is 18.1 Å². The molecule has 0 aliphatic carbocycles. The number of imide groups is 2. The molecule has 3 aromatic rings. The van der Waals surface area contributed by atoms with Gasteiger partial charge in [0.05, 0.1) is 16.8 Å². The number of carbonyl (C=O) groups is 3. The number of hydrogen-bond donors (Lipinski definition) is 1. The molecule has 2 fully saturated rings. The van der Waals surface area contributed by atoms with Gasteiger partial charge in [-0.2, -0.15) is 0 Å². The van der Waals surface area contributed by atoms with Gasteiger partial charge in [-0.15, -0.1) is 0 Å². The summed E-state index contributed by atoms with van der Waals surface area (Å²) in [5.74, 6) is -1.19. The average Bonchev–Trinajstić information content (AvgIpc) is 2.89. The Hall–Kier alpha value is -3.55. The third-order valence-electron chi connectivity index (χ3n) is 7.40. The summed E-state index contributed by atoms with van der Waals surface area (Å²) in [6, 6.07) is 21.0. The Bertz CT molecular complexity index is 1400. The van der Waals surface area contributed by atoms with Crippen molar-refractivity contribution in [1.29, 1.82) is 0 Å². The molecule has 3 heterocycles. The van der Waals surface area contributed by atoms with E-state index in [2.05, 4.69) is 15.1 Å². The van der Waals surface area contributed by atoms with Gasteiger partial charge in [0.1, 0.15) is 0 Å². The molecule has 3 aliphatic rings. The van der Waals surface area contributed by atoms with Gasteiger partial charge in [-0.05, 0) is 48.4 Å². The highest BCUT2D eigenvalue weighted by Crippen LogP contribution is 2.47. The molecule has 7 nitrogen and oxygen atoms in total. The first kappa shape index (κ1) is 22.9. The van der Waals surface area contributed by atoms with E-state index in [-0.39, 0.29) is 17.1 Å². The standard InChI is InChI=1S/C27H22Cl2N4O3/c28-18-10-11-20(29)22(14-18)33-25(35)27(24(34)30-26(33)36)15-17-6-4-5-9-21(17)32-13-12-31(16-23(27)32)19-7-2-1-3-8-19/h1-11,14,23H,12-13,15-16H2,(H,30,34,36)/t23-,27-/m1/s1. The molecule has 4 amide bonds. The fourth-order valence-corrected chi connectivity index (χ4v) is 6.07. The fourth-order valence-electron chi connectivity index (χ4n) is 5.70. The molecule has 3 aromatic carbocycles. The lowest BCUT2D eigenvalue weighted by Gasteiger charge is -2.55. The average molecular weight is 521 g/mol. The lowest BCUT2D eigenvalue weighted by molar-refractivity contribution is -0.144. The number of para-hydroxylation sites is 2. The number of barbiturate groups is 1. The number of halogens is 2. The van der Waals surface area contributed by atoms with Gasteiger partial charge in [-0.3, -0.25) is 14.9 Å². The van der Waals surface area contributed by atoms with E-state index in [4.69, 9.17) is 23.2 Å². The lowest BCUT2D eigenvalue weighted by atomic mass is 9.67. The first-order valence-electron chi connectivity index (χ1n) is 11.7. The van der Waals surface area contributed by atoms with Gasteiger partial charge in [0, 0.05) is 36.0 Å². The van der Waals surface area contributed by atoms with Crippen molar-refractivity contribution in [3.05, 3.63) is 88.4 Å². The molecular weight excluding hydrogens is 499 g/mol. The highest BCUT2D eigenvalue weighted by atomic mass is 35.5. The number of hydrogen-bond acceptors (Lipinski definition) is 5. The maximum absolute atomic E-state index is 14.4. The van der Waals surface area contributed by atoms with Crippen LogP contribution in [0.5, 0.6) is 0 Å². The maximum atomic E-state index is 14.4. The van der Waals surface area contributed by atoms with E-state index >= 15 is 0 Å². The van der Waals surface area contributed by atoms with Gasteiger partial charge in [-0.25, -0.2) is 9.69 Å². The number of benzene rings is 3. The second-order valence-electron chi connectivity index (χ2n) is 9.26. The number of nitrogens with one attached hydrogen (secondary N) is 1. The third-order valence-corrected chi connectivity index (χ3v) is 7.96. The lowest BCUT2D eigenvalue weighted by Crippen LogP contribution is -2.75. The van der Waals surface area contributed by atoms with Crippen molar-refractivity contribution in [2.24, 2.45) is 5.41 Å². The predicted octanol–water partition coefficient (Wildman–Crippen LogP) is 4.51. The summed E-state index contributed by atoms with van der Waals surface area (Å²) in [6.45, 7) is 1.77. The van der Waals surface area contributed by atoms with Crippen LogP contribution < -0.4 is 20.0 Å². The summed E-state index contributed by atoms with van der Waals surface area (Å²) in [5.41, 5.74) is 1.52. The Labute approximate surface area is 218 Å². The van der Waals surface area contributed by atoms with Crippen molar-refractivity contribution < 1.29 is 14.4 Å². The normalized spacial score (nSPS) is 23.4. The number of urea groups is 1. The molecule has 0 radical (unpaired) electrons. The third kappa shape index (κ3) is 3.38. The van der Waals surface area contributed by atoms with E-state index in [0.717, 1.165) is 28.4 Å². The zero-order valence-electron chi connectivity index (χ0n) is 19.2. The zero-order valence-corrected chi connectivity index (χ0v) is 20.7. The molecule has 2 saturated heterocycles. The van der Waals surface area contributed by atoms with Gasteiger partial charge >= 0.3 is 6.03 Å². The largest absolute Gasteiger partial charge is 0.368 e. The molecule has 2 atom stereocenters. The van der Waals surface area contributed by atoms with Crippen LogP contribution in [0.2, 0.25) is 10.0 Å². The Morgan fingerprint density at radius 3 is 2.42 bits per heavy atom. The first-order valence-corrected chi connectivity index (χ1v) is 12.5. The number of anilines is 3. The number of rotatable bonds is 2. The smallest absolute Gasteiger partial charge is 0.335 e. The van der Waals surface area contributed by atoms with Gasteiger partial charge in [0.2, 0.25) is 5.91 Å². The SMILES string of the molecule is O=C1NC(=O)[C@]2(Cc3ccccc3N3CCN(c4ccccc4)C[C@@H]32)C(=O)N1c1cc(Cl)ccc1Cl. The van der Waals surface area contributed by atoms with Crippen molar-refractivity contribution >= 4 is 58.1 Å². The van der Waals surface area contributed by atoms with Crippen LogP contribution in [0.4, 0.5) is 21.9 Å². The van der Waals surface area contributed by atoms with Crippen molar-refractivity contribution in [3.63, 3.8) is 0 Å². The quantitative estimate of drug-likeness (QED) is 0.503. The topological polar surface area (TPSA) is 73.0 Å². The van der Waals surface area contributed by atoms with Crippen LogP contribution in [0.3, 0.4) is 0 Å². The molecule has 3 aliphatic heterocycles. The van der Waals surface area contributed by atoms with Gasteiger partial charge in [0.15, 0.2) is 5.41 Å². The van der Waals surface area contributed by atoms with Crippen molar-refractivity contribution in [2.75, 3.05) is 34.3 Å². The molecule has 6 rings (SSSR count). The van der Waals surface area contributed by atoms with Crippen LogP contribution in [-0.4, -0.2) is 43.5 Å². The van der Waals surface area contributed by atoms with E-state index in [1.54, 1.807) is 6.07 Å². The maximum Gasteiger partial charge on any atom is 0.335 e. The van der Waals surface area contributed by atoms with Crippen LogP contribution in [0.15, 0.2) is 72.8 Å². The zero-order chi connectivity index (χ0) is 25.0. The minimum atomic E-state index is -1.54. The van der Waals surface area contributed by atoms with Crippen LogP contribution in [0.25, 0.3) is 0 Å². The second kappa shape index (κ2) is 8.54. The molecule has 1 N–H and O–H groups in total. The molecule has 0 saturated carbocycles. The second-order valence-corrected chi connectivity index (χ2v) is 10.1. The molecule has 9 heteroatoms. The molecule has 182 valence electrons. The highest BCUT2D eigenvalue weighted by Gasteiger charge is 2.63. The van der Waals surface area contributed by atoms with Crippen LogP contribution >= 0.6 is 23.2 Å². The van der Waals surface area contributed by atoms with Gasteiger partial charge < -0.3 is 9.80 Å². The Kier molecular flexibility index (Phi) is 5.43. The molecular formula is C27H22Cl2N4O3. The fraction of sp³-hybridized carbons (Fsp3) is 0.222. The molecule has 0 aromatic heterocycles. The number of amides is 4. The molecule has 0 bridgehead atoms. The Morgan fingerprint density at radius 2 is 1.61 bits per heavy atom. The van der Waals surface area contributed by atoms with Gasteiger partial charge in [-0.1, -0.05) is 59.6 Å². The minimum Gasteiger partial charge on any atom is -0.368 e. The predicted molar refractivity (Wildman–Crippen MR) is 140 cm³/mol. The summed E-state index contributed by atoms with van der Waals surface area (Å²) in [6.07, 6.45) is 0.166. The van der Waals surface area contributed by atoms with Crippen molar-refractivity contribution in [2.45, 2.75) is 12.5 Å². The summed E-state index contributed by atoms with van der Waals surface area (Å²) in [7, 11) is 0. The molecule has 0 unspecified atom stereocenters. The summed E-state index contributed by atoms with van der Waals surface area (Å²) in [5, 5.41) is 2.98. The van der Waals surface area contributed by atoms with E-state index in [9.17, 15) is 14.4 Å².